The monoisotopic (exact) mass is 130 g/mol. The molecule has 1 atom stereocenters. The van der Waals surface area contributed by atoms with E-state index < -0.39 is 0 Å². The van der Waals surface area contributed by atoms with Crippen LogP contribution in [0.15, 0.2) is 0 Å². The van der Waals surface area contributed by atoms with E-state index in [1.165, 1.54) is 0 Å². The Morgan fingerprint density at radius 2 is 2.67 bits per heavy atom. The van der Waals surface area contributed by atoms with Gasteiger partial charge >= 0.3 is 0 Å². The molecule has 0 aromatic carbocycles. The fourth-order valence-corrected chi connectivity index (χ4v) is 1.07. The summed E-state index contributed by atoms with van der Waals surface area (Å²) in [5, 5.41) is 6.00. The lowest BCUT2D eigenvalue weighted by atomic mass is 10.3. The van der Waals surface area contributed by atoms with Crippen LogP contribution in [0.4, 0.5) is 0 Å². The summed E-state index contributed by atoms with van der Waals surface area (Å²) in [6.07, 6.45) is 1.07. The molecule has 9 heavy (non-hydrogen) atoms. The maximum absolute atomic E-state index is 10.5. The van der Waals surface area contributed by atoms with Crippen LogP contribution in [0.1, 0.15) is 14.8 Å². The van der Waals surface area contributed by atoms with Gasteiger partial charge in [0.25, 0.3) is 0 Å². The fraction of sp³-hybridized carbons (Fsp3) is 0.833. The van der Waals surface area contributed by atoms with Gasteiger partial charge in [-0.25, -0.2) is 0 Å². The quantitative estimate of drug-likeness (QED) is 0.513. The van der Waals surface area contributed by atoms with Crippen molar-refractivity contribution in [3.05, 3.63) is 0 Å². The molecular weight excluding hydrogens is 116 g/mol. The van der Waals surface area contributed by atoms with Gasteiger partial charge in [0.2, 0.25) is 5.91 Å². The SMILES string of the molecule is CC(=O)N[C@@H]1CCNC1.[HH]. The predicted molar refractivity (Wildman–Crippen MR) is 37.2 cm³/mol. The highest BCUT2D eigenvalue weighted by molar-refractivity contribution is 5.73. The Bertz CT molecular complexity index is 112. The Morgan fingerprint density at radius 3 is 3.11 bits per heavy atom. The minimum absolute atomic E-state index is 0. The summed E-state index contributed by atoms with van der Waals surface area (Å²) in [6, 6.07) is 0.377. The molecule has 0 unspecified atom stereocenters. The average Bonchev–Trinajstić information content (AvgIpc) is 2.15. The lowest BCUT2D eigenvalue weighted by molar-refractivity contribution is -0.119. The van der Waals surface area contributed by atoms with E-state index in [1.807, 2.05) is 0 Å². The maximum atomic E-state index is 10.5. The van der Waals surface area contributed by atoms with Crippen molar-refractivity contribution < 1.29 is 6.22 Å². The minimum Gasteiger partial charge on any atom is -0.352 e. The van der Waals surface area contributed by atoms with Gasteiger partial charge in [0, 0.05) is 20.9 Å². The van der Waals surface area contributed by atoms with Crippen molar-refractivity contribution >= 4 is 5.91 Å². The molecule has 1 aliphatic rings. The summed E-state index contributed by atoms with van der Waals surface area (Å²) in [6.45, 7) is 3.52. The lowest BCUT2D eigenvalue weighted by Gasteiger charge is -2.07. The van der Waals surface area contributed by atoms with E-state index >= 15 is 0 Å². The fourth-order valence-electron chi connectivity index (χ4n) is 1.07. The van der Waals surface area contributed by atoms with Gasteiger partial charge in [0.15, 0.2) is 0 Å². The van der Waals surface area contributed by atoms with E-state index in [9.17, 15) is 4.79 Å². The van der Waals surface area contributed by atoms with Crippen molar-refractivity contribution in [3.63, 3.8) is 0 Å². The number of rotatable bonds is 1. The molecule has 3 heteroatoms. The van der Waals surface area contributed by atoms with Crippen LogP contribution in [0.5, 0.6) is 0 Å². The van der Waals surface area contributed by atoms with Gasteiger partial charge < -0.3 is 10.6 Å². The predicted octanol–water partition coefficient (Wildman–Crippen LogP) is -0.270. The number of nitrogens with one attached hydrogen (secondary N) is 2. The van der Waals surface area contributed by atoms with Crippen molar-refractivity contribution in [3.8, 4) is 0 Å². The third-order valence-corrected chi connectivity index (χ3v) is 1.47. The average molecular weight is 130 g/mol. The zero-order valence-corrected chi connectivity index (χ0v) is 5.61. The van der Waals surface area contributed by atoms with Crippen molar-refractivity contribution in [1.29, 1.82) is 0 Å². The van der Waals surface area contributed by atoms with Gasteiger partial charge in [-0.1, -0.05) is 0 Å². The molecule has 0 aliphatic carbocycles. The second-order valence-corrected chi connectivity index (χ2v) is 2.39. The Balaban J connectivity index is 0.000000810. The van der Waals surface area contributed by atoms with Crippen molar-refractivity contribution in [2.75, 3.05) is 13.1 Å². The Kier molecular flexibility index (Phi) is 2.05. The van der Waals surface area contributed by atoms with E-state index in [2.05, 4.69) is 10.6 Å². The first kappa shape index (κ1) is 6.55. The second kappa shape index (κ2) is 2.82. The van der Waals surface area contributed by atoms with Gasteiger partial charge in [-0.15, -0.1) is 0 Å². The molecule has 2 N–H and O–H groups in total. The van der Waals surface area contributed by atoms with Crippen LogP contribution in [0.2, 0.25) is 0 Å². The number of hydrogen-bond donors (Lipinski definition) is 2. The molecule has 1 rings (SSSR count). The molecule has 0 aromatic rings. The summed E-state index contributed by atoms with van der Waals surface area (Å²) in [4.78, 5) is 10.5. The van der Waals surface area contributed by atoms with Gasteiger partial charge in [0.05, 0.1) is 0 Å². The molecule has 1 heterocycles. The molecule has 1 aliphatic heterocycles. The number of amides is 1. The van der Waals surface area contributed by atoms with Crippen LogP contribution >= 0.6 is 0 Å². The zero-order valence-electron chi connectivity index (χ0n) is 5.61. The topological polar surface area (TPSA) is 41.1 Å². The van der Waals surface area contributed by atoms with Crippen molar-refractivity contribution in [1.82, 2.24) is 10.6 Å². The van der Waals surface area contributed by atoms with Crippen LogP contribution < -0.4 is 10.6 Å². The molecule has 0 saturated carbocycles. The highest BCUT2D eigenvalue weighted by atomic mass is 16.1. The third kappa shape index (κ3) is 2.01. The van der Waals surface area contributed by atoms with Crippen LogP contribution in [-0.2, 0) is 4.79 Å². The summed E-state index contributed by atoms with van der Waals surface area (Å²) in [7, 11) is 0. The normalized spacial score (nSPS) is 26.1. The van der Waals surface area contributed by atoms with Gasteiger partial charge in [0.1, 0.15) is 0 Å². The Labute approximate surface area is 56.3 Å². The Hall–Kier alpha value is -0.570. The van der Waals surface area contributed by atoms with Gasteiger partial charge in [-0.3, -0.25) is 4.79 Å². The highest BCUT2D eigenvalue weighted by Gasteiger charge is 2.13. The molecule has 0 aromatic heterocycles. The van der Waals surface area contributed by atoms with Crippen LogP contribution in [-0.4, -0.2) is 25.0 Å². The van der Waals surface area contributed by atoms with Gasteiger partial charge in [-0.2, -0.15) is 0 Å². The molecule has 1 saturated heterocycles. The van der Waals surface area contributed by atoms with E-state index in [-0.39, 0.29) is 7.33 Å². The third-order valence-electron chi connectivity index (χ3n) is 1.47. The zero-order chi connectivity index (χ0) is 6.69. The van der Waals surface area contributed by atoms with Crippen molar-refractivity contribution in [2.24, 2.45) is 0 Å². The van der Waals surface area contributed by atoms with Crippen LogP contribution in [0.25, 0.3) is 0 Å². The lowest BCUT2D eigenvalue weighted by Crippen LogP contribution is -2.34. The number of hydrogen-bond acceptors (Lipinski definition) is 2. The summed E-state index contributed by atoms with van der Waals surface area (Å²) in [5.74, 6) is 0.0729. The van der Waals surface area contributed by atoms with E-state index in [0.717, 1.165) is 19.5 Å². The molecular formula is C6H14N2O. The maximum Gasteiger partial charge on any atom is 0.217 e. The van der Waals surface area contributed by atoms with Crippen LogP contribution in [0, 0.1) is 0 Å². The molecule has 0 radical (unpaired) electrons. The molecule has 54 valence electrons. The molecule has 0 bridgehead atoms. The van der Waals surface area contributed by atoms with E-state index in [1.54, 1.807) is 6.92 Å². The van der Waals surface area contributed by atoms with Crippen molar-refractivity contribution in [2.45, 2.75) is 19.4 Å². The minimum atomic E-state index is 0. The summed E-state index contributed by atoms with van der Waals surface area (Å²) in [5.41, 5.74) is 0. The van der Waals surface area contributed by atoms with E-state index in [4.69, 9.17) is 0 Å². The second-order valence-electron chi connectivity index (χ2n) is 2.39. The first-order valence-corrected chi connectivity index (χ1v) is 3.27. The van der Waals surface area contributed by atoms with E-state index in [0.29, 0.717) is 6.04 Å². The van der Waals surface area contributed by atoms with Gasteiger partial charge in [-0.05, 0) is 13.0 Å². The molecule has 0 spiro atoms. The standard InChI is InChI=1S/C6H12N2O.H2/c1-5(9)8-6-2-3-7-4-6;/h6-7H,2-4H2,1H3,(H,8,9);1H/t6-;/m1./s1. The number of carbonyl (C=O) groups is 1. The summed E-state index contributed by atoms with van der Waals surface area (Å²) < 4.78 is 0. The molecule has 1 fully saturated rings. The Morgan fingerprint density at radius 1 is 1.89 bits per heavy atom. The summed E-state index contributed by atoms with van der Waals surface area (Å²) >= 11 is 0. The smallest absolute Gasteiger partial charge is 0.217 e. The first-order valence-electron chi connectivity index (χ1n) is 3.27. The number of carbonyl (C=O) groups excluding carboxylic acids is 1. The molecule has 1 amide bonds. The first-order chi connectivity index (χ1) is 4.29. The molecule has 3 nitrogen and oxygen atoms in total. The largest absolute Gasteiger partial charge is 0.352 e. The highest BCUT2D eigenvalue weighted by Crippen LogP contribution is 1.95. The van der Waals surface area contributed by atoms with Crippen LogP contribution in [0.3, 0.4) is 0 Å².